The third-order valence-corrected chi connectivity index (χ3v) is 5.53. The zero-order chi connectivity index (χ0) is 13.9. The van der Waals surface area contributed by atoms with Crippen molar-refractivity contribution in [2.75, 3.05) is 26.2 Å². The maximum Gasteiger partial charge on any atom is 0.137 e. The molecule has 2 aliphatic rings. The van der Waals surface area contributed by atoms with Crippen LogP contribution in [0.5, 0.6) is 0 Å². The first-order valence-electron chi connectivity index (χ1n) is 7.66. The first-order chi connectivity index (χ1) is 9.77. The van der Waals surface area contributed by atoms with Crippen molar-refractivity contribution in [2.45, 2.75) is 31.7 Å². The zero-order valence-corrected chi connectivity index (χ0v) is 14.6. The van der Waals surface area contributed by atoms with Crippen LogP contribution in [0.3, 0.4) is 0 Å². The summed E-state index contributed by atoms with van der Waals surface area (Å²) in [7, 11) is 0. The van der Waals surface area contributed by atoms with E-state index in [1.807, 2.05) is 6.07 Å². The number of rotatable bonds is 3. The van der Waals surface area contributed by atoms with Crippen LogP contribution < -0.4 is 5.32 Å². The highest BCUT2D eigenvalue weighted by Gasteiger charge is 2.33. The van der Waals surface area contributed by atoms with Gasteiger partial charge in [-0.05, 0) is 46.3 Å². The van der Waals surface area contributed by atoms with Gasteiger partial charge in [0.1, 0.15) is 5.82 Å². The minimum Gasteiger partial charge on any atom is -0.314 e. The van der Waals surface area contributed by atoms with Gasteiger partial charge in [0.2, 0.25) is 0 Å². The van der Waals surface area contributed by atoms with Gasteiger partial charge in [0.15, 0.2) is 0 Å². The summed E-state index contributed by atoms with van der Waals surface area (Å²) >= 11 is 3.48. The van der Waals surface area contributed by atoms with Gasteiger partial charge >= 0.3 is 0 Å². The van der Waals surface area contributed by atoms with Crippen LogP contribution in [0.2, 0.25) is 0 Å². The second-order valence-electron chi connectivity index (χ2n) is 5.92. The fraction of sp³-hybridized carbons (Fsp3) is 0.625. The van der Waals surface area contributed by atoms with E-state index in [4.69, 9.17) is 0 Å². The standard InChI is InChI=1S/C16H22BrFN2.ClH/c17-15-13(6-3-7-14(15)18)16(12-4-1-2-5-12)20-10-8-19-9-11-20;/h3,6-7,12,16,19H,1-2,4-5,8-11H2;1H/t16-;/m1./s1. The van der Waals surface area contributed by atoms with E-state index in [-0.39, 0.29) is 18.2 Å². The van der Waals surface area contributed by atoms with Gasteiger partial charge < -0.3 is 5.32 Å². The molecule has 1 aliphatic carbocycles. The lowest BCUT2D eigenvalue weighted by Crippen LogP contribution is -2.46. The fourth-order valence-electron chi connectivity index (χ4n) is 3.73. The van der Waals surface area contributed by atoms with E-state index < -0.39 is 0 Å². The minimum atomic E-state index is -0.138. The van der Waals surface area contributed by atoms with Gasteiger partial charge in [-0.15, -0.1) is 12.4 Å². The average Bonchev–Trinajstić information content (AvgIpc) is 2.99. The van der Waals surface area contributed by atoms with E-state index in [0.717, 1.165) is 31.7 Å². The van der Waals surface area contributed by atoms with E-state index in [0.29, 0.717) is 16.4 Å². The van der Waals surface area contributed by atoms with Crippen molar-refractivity contribution >= 4 is 28.3 Å². The molecule has 1 heterocycles. The Morgan fingerprint density at radius 3 is 2.52 bits per heavy atom. The second kappa shape index (κ2) is 7.91. The largest absolute Gasteiger partial charge is 0.314 e. The molecule has 2 fully saturated rings. The predicted octanol–water partition coefficient (Wildman–Crippen LogP) is 4.15. The van der Waals surface area contributed by atoms with Gasteiger partial charge in [0.05, 0.1) is 4.47 Å². The van der Waals surface area contributed by atoms with Crippen LogP contribution in [0.1, 0.15) is 37.3 Å². The molecule has 0 amide bonds. The summed E-state index contributed by atoms with van der Waals surface area (Å²) in [5.41, 5.74) is 1.14. The first-order valence-corrected chi connectivity index (χ1v) is 8.45. The Bertz CT molecular complexity index is 460. The van der Waals surface area contributed by atoms with Crippen LogP contribution >= 0.6 is 28.3 Å². The molecule has 5 heteroatoms. The molecular weight excluding hydrogens is 355 g/mol. The molecule has 1 N–H and O–H groups in total. The Labute approximate surface area is 141 Å². The Kier molecular flexibility index (Phi) is 6.48. The van der Waals surface area contributed by atoms with Crippen molar-refractivity contribution < 1.29 is 4.39 Å². The molecule has 21 heavy (non-hydrogen) atoms. The summed E-state index contributed by atoms with van der Waals surface area (Å²) in [5, 5.41) is 3.41. The molecule has 3 rings (SSSR count). The van der Waals surface area contributed by atoms with E-state index in [1.165, 1.54) is 31.7 Å². The lowest BCUT2D eigenvalue weighted by atomic mass is 9.89. The van der Waals surface area contributed by atoms with E-state index >= 15 is 0 Å². The number of hydrogen-bond donors (Lipinski definition) is 1. The molecule has 1 saturated carbocycles. The highest BCUT2D eigenvalue weighted by molar-refractivity contribution is 9.10. The molecule has 1 atom stereocenters. The van der Waals surface area contributed by atoms with Crippen molar-refractivity contribution in [3.05, 3.63) is 34.1 Å². The number of nitrogens with zero attached hydrogens (tertiary/aromatic N) is 1. The second-order valence-corrected chi connectivity index (χ2v) is 6.71. The normalized spacial score (nSPS) is 22.0. The molecule has 118 valence electrons. The van der Waals surface area contributed by atoms with Crippen molar-refractivity contribution in [2.24, 2.45) is 5.92 Å². The summed E-state index contributed by atoms with van der Waals surface area (Å²) in [6.07, 6.45) is 5.19. The minimum absolute atomic E-state index is 0. The summed E-state index contributed by atoms with van der Waals surface area (Å²) in [5.74, 6) is 0.534. The van der Waals surface area contributed by atoms with Gasteiger partial charge in [0, 0.05) is 32.2 Å². The van der Waals surface area contributed by atoms with Crippen LogP contribution in [0.15, 0.2) is 22.7 Å². The molecule has 0 radical (unpaired) electrons. The molecular formula is C16H23BrClFN2. The zero-order valence-electron chi connectivity index (χ0n) is 12.2. The summed E-state index contributed by atoms with van der Waals surface area (Å²) < 4.78 is 14.6. The van der Waals surface area contributed by atoms with Gasteiger partial charge in [-0.3, -0.25) is 4.90 Å². The van der Waals surface area contributed by atoms with E-state index in [2.05, 4.69) is 32.2 Å². The van der Waals surface area contributed by atoms with Crippen molar-refractivity contribution in [3.63, 3.8) is 0 Å². The highest BCUT2D eigenvalue weighted by Crippen LogP contribution is 2.42. The molecule has 0 unspecified atom stereocenters. The monoisotopic (exact) mass is 376 g/mol. The predicted molar refractivity (Wildman–Crippen MR) is 90.5 cm³/mol. The SMILES string of the molecule is Cl.Fc1cccc([C@@H](C2CCCC2)N2CCNCC2)c1Br. The maximum atomic E-state index is 13.9. The molecule has 0 aromatic heterocycles. The number of nitrogens with one attached hydrogen (secondary N) is 1. The molecule has 1 aromatic rings. The Morgan fingerprint density at radius 1 is 1.19 bits per heavy atom. The summed E-state index contributed by atoms with van der Waals surface area (Å²) in [4.78, 5) is 2.55. The van der Waals surface area contributed by atoms with Crippen LogP contribution in [-0.2, 0) is 0 Å². The Hall–Kier alpha value is -0.160. The first kappa shape index (κ1) is 17.2. The van der Waals surface area contributed by atoms with Crippen LogP contribution in [-0.4, -0.2) is 31.1 Å². The van der Waals surface area contributed by atoms with E-state index in [9.17, 15) is 4.39 Å². The molecule has 1 saturated heterocycles. The lowest BCUT2D eigenvalue weighted by molar-refractivity contribution is 0.125. The lowest BCUT2D eigenvalue weighted by Gasteiger charge is -2.39. The molecule has 1 aromatic carbocycles. The molecule has 0 bridgehead atoms. The van der Waals surface area contributed by atoms with Gasteiger partial charge in [-0.2, -0.15) is 0 Å². The number of piperazine rings is 1. The van der Waals surface area contributed by atoms with Crippen LogP contribution in [0.25, 0.3) is 0 Å². The maximum absolute atomic E-state index is 13.9. The van der Waals surface area contributed by atoms with Crippen LogP contribution in [0, 0.1) is 11.7 Å². The van der Waals surface area contributed by atoms with Gasteiger partial charge in [0.25, 0.3) is 0 Å². The van der Waals surface area contributed by atoms with Crippen LogP contribution in [0.4, 0.5) is 4.39 Å². The topological polar surface area (TPSA) is 15.3 Å². The molecule has 2 nitrogen and oxygen atoms in total. The van der Waals surface area contributed by atoms with Crippen molar-refractivity contribution in [1.82, 2.24) is 10.2 Å². The number of halogens is 3. The summed E-state index contributed by atoms with van der Waals surface area (Å²) in [6.45, 7) is 4.19. The smallest absolute Gasteiger partial charge is 0.137 e. The quantitative estimate of drug-likeness (QED) is 0.851. The number of benzene rings is 1. The van der Waals surface area contributed by atoms with Gasteiger partial charge in [-0.25, -0.2) is 4.39 Å². The number of hydrogen-bond acceptors (Lipinski definition) is 2. The third-order valence-electron chi connectivity index (χ3n) is 4.69. The Balaban J connectivity index is 0.00000161. The molecule has 0 spiro atoms. The highest BCUT2D eigenvalue weighted by atomic mass is 79.9. The Morgan fingerprint density at radius 2 is 1.86 bits per heavy atom. The third kappa shape index (κ3) is 3.79. The molecule has 1 aliphatic heterocycles. The van der Waals surface area contributed by atoms with Crippen molar-refractivity contribution in [1.29, 1.82) is 0 Å². The van der Waals surface area contributed by atoms with Crippen molar-refractivity contribution in [3.8, 4) is 0 Å². The van der Waals surface area contributed by atoms with Gasteiger partial charge in [-0.1, -0.05) is 25.0 Å². The summed E-state index contributed by atoms with van der Waals surface area (Å²) in [6, 6.07) is 5.85. The van der Waals surface area contributed by atoms with E-state index in [1.54, 1.807) is 0 Å². The fourth-order valence-corrected chi connectivity index (χ4v) is 4.23. The average molecular weight is 378 g/mol.